The van der Waals surface area contributed by atoms with Crippen LogP contribution in [0.3, 0.4) is 0 Å². The number of benzene rings is 1. The molecular weight excluding hydrogens is 192 g/mol. The first-order valence-electron chi connectivity index (χ1n) is 4.76. The van der Waals surface area contributed by atoms with Gasteiger partial charge in [-0.2, -0.15) is 0 Å². The summed E-state index contributed by atoms with van der Waals surface area (Å²) in [4.78, 5) is 4.27. The maximum absolute atomic E-state index is 8.87. The molecular formula is C10H12N4O. The maximum atomic E-state index is 8.87. The maximum Gasteiger partial charge on any atom is 0.243 e. The van der Waals surface area contributed by atoms with E-state index in [0.717, 1.165) is 11.0 Å². The normalized spacial score (nSPS) is 12.7. The van der Waals surface area contributed by atoms with Crippen LogP contribution in [0.25, 0.3) is 11.0 Å². The first-order chi connectivity index (χ1) is 7.29. The van der Waals surface area contributed by atoms with Gasteiger partial charge in [-0.15, -0.1) is 10.2 Å². The summed E-state index contributed by atoms with van der Waals surface area (Å²) < 4.78 is 0. The summed E-state index contributed by atoms with van der Waals surface area (Å²) in [5, 5.41) is 19.7. The Kier molecular flexibility index (Phi) is 2.73. The van der Waals surface area contributed by atoms with E-state index in [-0.39, 0.29) is 12.6 Å². The average Bonchev–Trinajstić information content (AvgIpc) is 2.29. The van der Waals surface area contributed by atoms with E-state index < -0.39 is 0 Å². The second-order valence-electron chi connectivity index (χ2n) is 3.35. The number of fused-ring (bicyclic) bond motifs is 1. The van der Waals surface area contributed by atoms with Gasteiger partial charge in [0.1, 0.15) is 5.52 Å². The van der Waals surface area contributed by atoms with Crippen LogP contribution in [0.1, 0.15) is 6.92 Å². The molecule has 5 nitrogen and oxygen atoms in total. The molecule has 2 rings (SSSR count). The van der Waals surface area contributed by atoms with Crippen molar-refractivity contribution in [3.05, 3.63) is 24.3 Å². The lowest BCUT2D eigenvalue weighted by molar-refractivity contribution is 0.281. The average molecular weight is 204 g/mol. The Morgan fingerprint density at radius 2 is 2.00 bits per heavy atom. The van der Waals surface area contributed by atoms with E-state index in [1.807, 2.05) is 31.2 Å². The molecule has 2 N–H and O–H groups in total. The van der Waals surface area contributed by atoms with E-state index in [2.05, 4.69) is 20.5 Å². The van der Waals surface area contributed by atoms with Gasteiger partial charge in [0.05, 0.1) is 12.1 Å². The third-order valence-electron chi connectivity index (χ3n) is 2.01. The van der Waals surface area contributed by atoms with Gasteiger partial charge in [-0.25, -0.2) is 4.98 Å². The highest BCUT2D eigenvalue weighted by atomic mass is 16.3. The Hall–Kier alpha value is -1.75. The molecule has 1 atom stereocenters. The molecule has 1 aromatic heterocycles. The van der Waals surface area contributed by atoms with Crippen LogP contribution in [-0.2, 0) is 0 Å². The summed E-state index contributed by atoms with van der Waals surface area (Å²) in [5.74, 6) is 0.440. The van der Waals surface area contributed by atoms with Crippen molar-refractivity contribution >= 4 is 17.0 Å². The number of rotatable bonds is 3. The first kappa shape index (κ1) is 9.79. The largest absolute Gasteiger partial charge is 0.394 e. The Bertz CT molecular complexity index is 460. The zero-order chi connectivity index (χ0) is 10.7. The standard InChI is InChI=1S/C10H12N4O/c1-7(6-15)11-10-12-8-4-2-3-5-9(8)13-14-10/h2-5,7,15H,6H2,1H3,(H,11,12,14). The van der Waals surface area contributed by atoms with Crippen molar-refractivity contribution in [3.8, 4) is 0 Å². The third-order valence-corrected chi connectivity index (χ3v) is 2.01. The molecule has 0 radical (unpaired) electrons. The third kappa shape index (κ3) is 2.19. The van der Waals surface area contributed by atoms with Crippen LogP contribution in [-0.4, -0.2) is 32.9 Å². The number of aliphatic hydroxyl groups is 1. The lowest BCUT2D eigenvalue weighted by Gasteiger charge is -2.09. The Labute approximate surface area is 87.2 Å². The van der Waals surface area contributed by atoms with Crippen LogP contribution in [0.2, 0.25) is 0 Å². The van der Waals surface area contributed by atoms with Gasteiger partial charge >= 0.3 is 0 Å². The molecule has 0 saturated carbocycles. The molecule has 0 aliphatic heterocycles. The highest BCUT2D eigenvalue weighted by molar-refractivity contribution is 5.74. The molecule has 0 bridgehead atoms. The lowest BCUT2D eigenvalue weighted by atomic mass is 10.3. The number of hydrogen-bond donors (Lipinski definition) is 2. The van der Waals surface area contributed by atoms with Crippen LogP contribution in [0.15, 0.2) is 24.3 Å². The molecule has 0 amide bonds. The summed E-state index contributed by atoms with van der Waals surface area (Å²) >= 11 is 0. The van der Waals surface area contributed by atoms with Gasteiger partial charge in [0.15, 0.2) is 0 Å². The number of aromatic nitrogens is 3. The summed E-state index contributed by atoms with van der Waals surface area (Å²) in [6.45, 7) is 1.88. The van der Waals surface area contributed by atoms with Gasteiger partial charge in [-0.3, -0.25) is 0 Å². The molecule has 1 unspecified atom stereocenters. The van der Waals surface area contributed by atoms with E-state index in [9.17, 15) is 0 Å². The van der Waals surface area contributed by atoms with E-state index in [1.54, 1.807) is 0 Å². The lowest BCUT2D eigenvalue weighted by Crippen LogP contribution is -2.21. The van der Waals surface area contributed by atoms with E-state index in [1.165, 1.54) is 0 Å². The molecule has 5 heteroatoms. The second kappa shape index (κ2) is 4.18. The monoisotopic (exact) mass is 204 g/mol. The molecule has 0 saturated heterocycles. The second-order valence-corrected chi connectivity index (χ2v) is 3.35. The molecule has 78 valence electrons. The molecule has 15 heavy (non-hydrogen) atoms. The van der Waals surface area contributed by atoms with Crippen LogP contribution < -0.4 is 5.32 Å². The molecule has 0 fully saturated rings. The van der Waals surface area contributed by atoms with Crippen LogP contribution >= 0.6 is 0 Å². The number of nitrogens with one attached hydrogen (secondary N) is 1. The fourth-order valence-electron chi connectivity index (χ4n) is 1.21. The van der Waals surface area contributed by atoms with Crippen LogP contribution in [0.4, 0.5) is 5.95 Å². The molecule has 1 aromatic carbocycles. The van der Waals surface area contributed by atoms with Gasteiger partial charge < -0.3 is 10.4 Å². The molecule has 0 aliphatic rings. The number of hydrogen-bond acceptors (Lipinski definition) is 5. The van der Waals surface area contributed by atoms with Crippen molar-refractivity contribution in [1.82, 2.24) is 15.2 Å². The smallest absolute Gasteiger partial charge is 0.243 e. The van der Waals surface area contributed by atoms with Gasteiger partial charge in [0.2, 0.25) is 5.95 Å². The van der Waals surface area contributed by atoms with E-state index in [4.69, 9.17) is 5.11 Å². The van der Waals surface area contributed by atoms with Crippen molar-refractivity contribution in [2.45, 2.75) is 13.0 Å². The minimum Gasteiger partial charge on any atom is -0.394 e. The zero-order valence-electron chi connectivity index (χ0n) is 8.38. The minimum absolute atomic E-state index is 0.0379. The predicted octanol–water partition coefficient (Wildman–Crippen LogP) is 0.817. The van der Waals surface area contributed by atoms with E-state index in [0.29, 0.717) is 5.95 Å². The van der Waals surface area contributed by atoms with Crippen molar-refractivity contribution in [3.63, 3.8) is 0 Å². The van der Waals surface area contributed by atoms with Crippen LogP contribution in [0.5, 0.6) is 0 Å². The minimum atomic E-state index is -0.0760. The first-order valence-corrected chi connectivity index (χ1v) is 4.76. The van der Waals surface area contributed by atoms with Gasteiger partial charge in [-0.1, -0.05) is 12.1 Å². The van der Waals surface area contributed by atoms with Crippen molar-refractivity contribution < 1.29 is 5.11 Å². The molecule has 0 aliphatic carbocycles. The fourth-order valence-corrected chi connectivity index (χ4v) is 1.21. The number of para-hydroxylation sites is 1. The Morgan fingerprint density at radius 3 is 2.73 bits per heavy atom. The number of nitrogens with zero attached hydrogens (tertiary/aromatic N) is 3. The van der Waals surface area contributed by atoms with E-state index >= 15 is 0 Å². The van der Waals surface area contributed by atoms with Gasteiger partial charge in [-0.05, 0) is 19.1 Å². The number of aliphatic hydroxyl groups excluding tert-OH is 1. The summed E-state index contributed by atoms with van der Waals surface area (Å²) in [5.41, 5.74) is 1.56. The number of anilines is 1. The summed E-state index contributed by atoms with van der Waals surface area (Å²) in [6, 6.07) is 7.44. The summed E-state index contributed by atoms with van der Waals surface area (Å²) in [6.07, 6.45) is 0. The van der Waals surface area contributed by atoms with Gasteiger partial charge in [0.25, 0.3) is 0 Å². The molecule has 2 aromatic rings. The topological polar surface area (TPSA) is 70.9 Å². The van der Waals surface area contributed by atoms with Crippen molar-refractivity contribution in [2.24, 2.45) is 0 Å². The predicted molar refractivity (Wildman–Crippen MR) is 57.5 cm³/mol. The zero-order valence-corrected chi connectivity index (χ0v) is 8.38. The fraction of sp³-hybridized carbons (Fsp3) is 0.300. The summed E-state index contributed by atoms with van der Waals surface area (Å²) in [7, 11) is 0. The quantitative estimate of drug-likeness (QED) is 0.774. The van der Waals surface area contributed by atoms with Crippen molar-refractivity contribution in [1.29, 1.82) is 0 Å². The molecule has 0 spiro atoms. The Morgan fingerprint density at radius 1 is 1.27 bits per heavy atom. The Balaban J connectivity index is 2.30. The molecule has 1 heterocycles. The van der Waals surface area contributed by atoms with Crippen molar-refractivity contribution in [2.75, 3.05) is 11.9 Å². The van der Waals surface area contributed by atoms with Crippen LogP contribution in [0, 0.1) is 0 Å². The highest BCUT2D eigenvalue weighted by Crippen LogP contribution is 2.09. The SMILES string of the molecule is CC(CO)Nc1nnc2ccccc2n1. The van der Waals surface area contributed by atoms with Gasteiger partial charge in [0, 0.05) is 6.04 Å². The highest BCUT2D eigenvalue weighted by Gasteiger charge is 2.03.